The Morgan fingerprint density at radius 2 is 1.79 bits per heavy atom. The van der Waals surface area contributed by atoms with Gasteiger partial charge in [-0.05, 0) is 48.5 Å². The van der Waals surface area contributed by atoms with E-state index in [0.717, 1.165) is 6.42 Å². The Morgan fingerprint density at radius 3 is 2.37 bits per heavy atom. The normalized spacial score (nSPS) is 12.4. The van der Waals surface area contributed by atoms with Gasteiger partial charge in [-0.3, -0.25) is 0 Å². The lowest BCUT2D eigenvalue weighted by Gasteiger charge is -2.18. The predicted molar refractivity (Wildman–Crippen MR) is 84.9 cm³/mol. The van der Waals surface area contributed by atoms with Crippen molar-refractivity contribution in [2.45, 2.75) is 24.3 Å². The minimum absolute atomic E-state index is 0.266. The molecule has 0 saturated heterocycles. The monoisotopic (exact) mass is 271 g/mol. The molecule has 0 spiro atoms. The maximum absolute atomic E-state index is 3.42. The molecule has 2 heteroatoms. The van der Waals surface area contributed by atoms with Crippen molar-refractivity contribution in [3.05, 3.63) is 65.2 Å². The average molecular weight is 271 g/mol. The highest BCUT2D eigenvalue weighted by Gasteiger charge is 2.11. The van der Waals surface area contributed by atoms with Crippen LogP contribution in [0.25, 0.3) is 0 Å². The van der Waals surface area contributed by atoms with Crippen molar-refractivity contribution in [3.63, 3.8) is 0 Å². The standard InChI is InChI=1S/C17H21NS/c1-4-13-6-5-7-15(12-13)17(18-2)14-8-10-16(19-3)11-9-14/h5-12,17-18H,4H2,1-3H3. The smallest absolute Gasteiger partial charge is 0.0574 e. The topological polar surface area (TPSA) is 12.0 Å². The van der Waals surface area contributed by atoms with Gasteiger partial charge in [0.1, 0.15) is 0 Å². The number of rotatable bonds is 5. The summed E-state index contributed by atoms with van der Waals surface area (Å²) in [4.78, 5) is 1.31. The van der Waals surface area contributed by atoms with Gasteiger partial charge in [0.2, 0.25) is 0 Å². The summed E-state index contributed by atoms with van der Waals surface area (Å²) in [5.74, 6) is 0. The summed E-state index contributed by atoms with van der Waals surface area (Å²) in [6, 6.07) is 17.9. The molecule has 0 aliphatic heterocycles. The van der Waals surface area contributed by atoms with Gasteiger partial charge in [-0.1, -0.05) is 43.3 Å². The third kappa shape index (κ3) is 3.40. The Balaban J connectivity index is 2.31. The van der Waals surface area contributed by atoms with Crippen LogP contribution in [0.4, 0.5) is 0 Å². The first kappa shape index (κ1) is 14.2. The van der Waals surface area contributed by atoms with Crippen LogP contribution >= 0.6 is 11.8 Å². The zero-order chi connectivity index (χ0) is 13.7. The molecule has 0 amide bonds. The second kappa shape index (κ2) is 6.78. The second-order valence-corrected chi connectivity index (χ2v) is 5.47. The molecule has 2 aromatic carbocycles. The molecule has 1 nitrogen and oxygen atoms in total. The van der Waals surface area contributed by atoms with Gasteiger partial charge in [0.15, 0.2) is 0 Å². The van der Waals surface area contributed by atoms with Crippen molar-refractivity contribution in [2.24, 2.45) is 0 Å². The predicted octanol–water partition coefficient (Wildman–Crippen LogP) is 4.28. The van der Waals surface area contributed by atoms with Crippen molar-refractivity contribution in [2.75, 3.05) is 13.3 Å². The molecule has 0 radical (unpaired) electrons. The van der Waals surface area contributed by atoms with E-state index in [2.05, 4.69) is 67.0 Å². The van der Waals surface area contributed by atoms with Gasteiger partial charge in [0.25, 0.3) is 0 Å². The van der Waals surface area contributed by atoms with Gasteiger partial charge in [-0.25, -0.2) is 0 Å². The first-order valence-corrected chi connectivity index (χ1v) is 7.91. The van der Waals surface area contributed by atoms with Crippen LogP contribution in [0.5, 0.6) is 0 Å². The summed E-state index contributed by atoms with van der Waals surface area (Å²) in [5.41, 5.74) is 4.03. The number of aryl methyl sites for hydroxylation is 1. The summed E-state index contributed by atoms with van der Waals surface area (Å²) >= 11 is 1.78. The molecule has 0 bridgehead atoms. The third-order valence-electron chi connectivity index (χ3n) is 3.43. The molecule has 19 heavy (non-hydrogen) atoms. The van der Waals surface area contributed by atoms with E-state index in [-0.39, 0.29) is 6.04 Å². The summed E-state index contributed by atoms with van der Waals surface area (Å²) in [5, 5.41) is 3.42. The van der Waals surface area contributed by atoms with E-state index < -0.39 is 0 Å². The first-order chi connectivity index (χ1) is 9.28. The molecule has 1 atom stereocenters. The fraction of sp³-hybridized carbons (Fsp3) is 0.294. The summed E-state index contributed by atoms with van der Waals surface area (Å²) < 4.78 is 0. The fourth-order valence-corrected chi connectivity index (χ4v) is 2.72. The van der Waals surface area contributed by atoms with Crippen LogP contribution < -0.4 is 5.32 Å². The Morgan fingerprint density at radius 1 is 1.05 bits per heavy atom. The van der Waals surface area contributed by atoms with Crippen LogP contribution in [0.1, 0.15) is 29.7 Å². The lowest BCUT2D eigenvalue weighted by Crippen LogP contribution is -2.17. The van der Waals surface area contributed by atoms with Crippen molar-refractivity contribution in [1.29, 1.82) is 0 Å². The minimum atomic E-state index is 0.266. The quantitative estimate of drug-likeness (QED) is 0.815. The Bertz CT molecular complexity index is 519. The minimum Gasteiger partial charge on any atom is -0.309 e. The van der Waals surface area contributed by atoms with Crippen LogP contribution in [0.3, 0.4) is 0 Å². The molecule has 0 heterocycles. The highest BCUT2D eigenvalue weighted by Crippen LogP contribution is 2.25. The number of benzene rings is 2. The van der Waals surface area contributed by atoms with E-state index in [1.165, 1.54) is 21.6 Å². The molecule has 1 unspecified atom stereocenters. The molecule has 0 saturated carbocycles. The van der Waals surface area contributed by atoms with E-state index >= 15 is 0 Å². The number of nitrogens with one attached hydrogen (secondary N) is 1. The van der Waals surface area contributed by atoms with E-state index in [4.69, 9.17) is 0 Å². The van der Waals surface area contributed by atoms with Gasteiger partial charge < -0.3 is 5.32 Å². The van der Waals surface area contributed by atoms with Crippen molar-refractivity contribution < 1.29 is 0 Å². The zero-order valence-electron chi connectivity index (χ0n) is 11.8. The zero-order valence-corrected chi connectivity index (χ0v) is 12.6. The molecular formula is C17H21NS. The van der Waals surface area contributed by atoms with Crippen molar-refractivity contribution in [3.8, 4) is 0 Å². The average Bonchev–Trinajstić information content (AvgIpc) is 2.49. The van der Waals surface area contributed by atoms with Gasteiger partial charge >= 0.3 is 0 Å². The summed E-state index contributed by atoms with van der Waals surface area (Å²) in [6.45, 7) is 2.20. The van der Waals surface area contributed by atoms with Gasteiger partial charge in [-0.15, -0.1) is 11.8 Å². The highest BCUT2D eigenvalue weighted by molar-refractivity contribution is 7.98. The molecule has 100 valence electrons. The number of thioether (sulfide) groups is 1. The van der Waals surface area contributed by atoms with E-state index in [0.29, 0.717) is 0 Å². The Hall–Kier alpha value is -1.25. The largest absolute Gasteiger partial charge is 0.309 e. The molecule has 0 fully saturated rings. The SMILES string of the molecule is CCc1cccc(C(NC)c2ccc(SC)cc2)c1. The number of hydrogen-bond acceptors (Lipinski definition) is 2. The van der Waals surface area contributed by atoms with Crippen molar-refractivity contribution >= 4 is 11.8 Å². The third-order valence-corrected chi connectivity index (χ3v) is 4.17. The fourth-order valence-electron chi connectivity index (χ4n) is 2.31. The molecular weight excluding hydrogens is 250 g/mol. The lowest BCUT2D eigenvalue weighted by atomic mass is 9.97. The van der Waals surface area contributed by atoms with Crippen LogP contribution in [0.2, 0.25) is 0 Å². The Labute approximate surface area is 120 Å². The van der Waals surface area contributed by atoms with Gasteiger partial charge in [0.05, 0.1) is 6.04 Å². The van der Waals surface area contributed by atoms with Crippen LogP contribution in [0.15, 0.2) is 53.4 Å². The molecule has 0 aliphatic carbocycles. The summed E-state index contributed by atoms with van der Waals surface area (Å²) in [6.07, 6.45) is 3.19. The molecule has 1 N–H and O–H groups in total. The number of hydrogen-bond donors (Lipinski definition) is 1. The van der Waals surface area contributed by atoms with E-state index in [1.54, 1.807) is 11.8 Å². The lowest BCUT2D eigenvalue weighted by molar-refractivity contribution is 0.690. The van der Waals surface area contributed by atoms with Gasteiger partial charge in [-0.2, -0.15) is 0 Å². The second-order valence-electron chi connectivity index (χ2n) is 4.59. The first-order valence-electron chi connectivity index (χ1n) is 6.68. The Kier molecular flexibility index (Phi) is 5.06. The van der Waals surface area contributed by atoms with Crippen LogP contribution in [-0.4, -0.2) is 13.3 Å². The summed E-state index contributed by atoms with van der Waals surface area (Å²) in [7, 11) is 2.02. The van der Waals surface area contributed by atoms with Gasteiger partial charge in [0, 0.05) is 4.90 Å². The maximum atomic E-state index is 3.42. The molecule has 2 rings (SSSR count). The molecule has 0 aliphatic rings. The highest BCUT2D eigenvalue weighted by atomic mass is 32.2. The van der Waals surface area contributed by atoms with Crippen LogP contribution in [-0.2, 0) is 6.42 Å². The van der Waals surface area contributed by atoms with Crippen LogP contribution in [0, 0.1) is 0 Å². The van der Waals surface area contributed by atoms with E-state index in [1.807, 2.05) is 7.05 Å². The van der Waals surface area contributed by atoms with E-state index in [9.17, 15) is 0 Å². The van der Waals surface area contributed by atoms with Crippen molar-refractivity contribution in [1.82, 2.24) is 5.32 Å². The molecule has 0 aromatic heterocycles. The maximum Gasteiger partial charge on any atom is 0.0574 e. The molecule has 2 aromatic rings.